The van der Waals surface area contributed by atoms with Crippen LogP contribution < -0.4 is 0 Å². The molecule has 0 N–H and O–H groups in total. The molecule has 0 bridgehead atoms. The highest BCUT2D eigenvalue weighted by atomic mass is 19.1. The van der Waals surface area contributed by atoms with Gasteiger partial charge in [0.2, 0.25) is 0 Å². The third kappa shape index (κ3) is 3.80. The van der Waals surface area contributed by atoms with Gasteiger partial charge in [-0.15, -0.1) is 0 Å². The molecule has 2 aromatic carbocycles. The van der Waals surface area contributed by atoms with Crippen LogP contribution in [0.2, 0.25) is 0 Å². The van der Waals surface area contributed by atoms with E-state index in [4.69, 9.17) is 0 Å². The minimum absolute atomic E-state index is 0.167. The quantitative estimate of drug-likeness (QED) is 0.670. The van der Waals surface area contributed by atoms with E-state index in [1.54, 1.807) is 24.3 Å². The first-order chi connectivity index (χ1) is 9.65. The second-order valence-corrected chi connectivity index (χ2v) is 3.82. The topological polar surface area (TPSA) is 17.1 Å². The number of hydrogen-bond donors (Lipinski definition) is 0. The van der Waals surface area contributed by atoms with Crippen molar-refractivity contribution in [2.24, 2.45) is 0 Å². The summed E-state index contributed by atoms with van der Waals surface area (Å²) in [6.07, 6.45) is 0. The van der Waals surface area contributed by atoms with Crippen LogP contribution in [0.3, 0.4) is 0 Å². The van der Waals surface area contributed by atoms with Crippen molar-refractivity contribution in [3.05, 3.63) is 71.3 Å². The molecule has 0 radical (unpaired) electrons. The Balaban J connectivity index is 2.16. The number of ketones is 1. The van der Waals surface area contributed by atoms with Crippen LogP contribution >= 0.6 is 0 Å². The summed E-state index contributed by atoms with van der Waals surface area (Å²) < 4.78 is 26.1. The summed E-state index contributed by atoms with van der Waals surface area (Å²) in [5, 5.41) is 0. The van der Waals surface area contributed by atoms with E-state index in [1.165, 1.54) is 0 Å². The molecule has 0 saturated heterocycles. The minimum Gasteiger partial charge on any atom is -0.270 e. The lowest BCUT2D eigenvalue weighted by molar-refractivity contribution is -0.108. The number of benzene rings is 2. The molecular formula is C17H8F2O. The van der Waals surface area contributed by atoms with Crippen molar-refractivity contribution in [3.8, 4) is 23.7 Å². The standard InChI is InChI=1S/C17H8F2O/c18-15-8-11-17(19)14(12-15)7-10-16(20)9-6-13-4-2-1-3-5-13/h1-5,8,11-12H. The summed E-state index contributed by atoms with van der Waals surface area (Å²) in [6.45, 7) is 0. The smallest absolute Gasteiger partial charge is 0.270 e. The monoisotopic (exact) mass is 266 g/mol. The van der Waals surface area contributed by atoms with E-state index in [9.17, 15) is 13.6 Å². The number of hydrogen-bond acceptors (Lipinski definition) is 1. The Morgan fingerprint density at radius 3 is 2.35 bits per heavy atom. The van der Waals surface area contributed by atoms with Crippen LogP contribution in [0.1, 0.15) is 11.1 Å². The number of halogens is 2. The van der Waals surface area contributed by atoms with Crippen molar-refractivity contribution >= 4 is 5.78 Å². The van der Waals surface area contributed by atoms with Crippen molar-refractivity contribution in [1.29, 1.82) is 0 Å². The van der Waals surface area contributed by atoms with Gasteiger partial charge in [0.05, 0.1) is 5.56 Å². The van der Waals surface area contributed by atoms with Crippen LogP contribution in [0.5, 0.6) is 0 Å². The zero-order valence-electron chi connectivity index (χ0n) is 10.3. The lowest BCUT2D eigenvalue weighted by Crippen LogP contribution is -1.90. The van der Waals surface area contributed by atoms with Gasteiger partial charge in [-0.3, -0.25) is 4.79 Å². The molecule has 2 rings (SSSR count). The van der Waals surface area contributed by atoms with Crippen LogP contribution in [0.25, 0.3) is 0 Å². The number of Topliss-reactive ketones (excluding diaryl/α,β-unsaturated/α-hetero) is 1. The lowest BCUT2D eigenvalue weighted by Gasteiger charge is -1.92. The second kappa shape index (κ2) is 6.31. The molecule has 0 aromatic heterocycles. The molecule has 1 nitrogen and oxygen atoms in total. The van der Waals surface area contributed by atoms with Crippen LogP contribution in [-0.4, -0.2) is 5.78 Å². The van der Waals surface area contributed by atoms with Crippen molar-refractivity contribution in [2.75, 3.05) is 0 Å². The van der Waals surface area contributed by atoms with E-state index in [0.717, 1.165) is 18.2 Å². The lowest BCUT2D eigenvalue weighted by atomic mass is 10.2. The zero-order chi connectivity index (χ0) is 14.4. The van der Waals surface area contributed by atoms with Crippen LogP contribution in [0.4, 0.5) is 8.78 Å². The zero-order valence-corrected chi connectivity index (χ0v) is 10.3. The molecular weight excluding hydrogens is 258 g/mol. The highest BCUT2D eigenvalue weighted by Crippen LogP contribution is 2.07. The third-order valence-electron chi connectivity index (χ3n) is 2.33. The maximum Gasteiger partial charge on any atom is 0.279 e. The van der Waals surface area contributed by atoms with E-state index < -0.39 is 17.4 Å². The predicted octanol–water partition coefficient (Wildman–Crippen LogP) is 2.94. The van der Waals surface area contributed by atoms with Gasteiger partial charge in [-0.05, 0) is 42.2 Å². The van der Waals surface area contributed by atoms with E-state index in [-0.39, 0.29) is 5.56 Å². The normalized spacial score (nSPS) is 8.90. The van der Waals surface area contributed by atoms with Crippen LogP contribution in [-0.2, 0) is 4.79 Å². The number of carbonyl (C=O) groups excluding carboxylic acids is 1. The van der Waals surface area contributed by atoms with E-state index in [0.29, 0.717) is 5.56 Å². The molecule has 0 aliphatic carbocycles. The Bertz CT molecular complexity index is 756. The molecule has 0 fully saturated rings. The molecule has 0 saturated carbocycles. The maximum absolute atomic E-state index is 13.3. The highest BCUT2D eigenvalue weighted by Gasteiger charge is 2.00. The molecule has 96 valence electrons. The molecule has 0 aliphatic heterocycles. The Morgan fingerprint density at radius 1 is 0.900 bits per heavy atom. The van der Waals surface area contributed by atoms with Crippen molar-refractivity contribution in [3.63, 3.8) is 0 Å². The first-order valence-electron chi connectivity index (χ1n) is 5.73. The summed E-state index contributed by atoms with van der Waals surface area (Å²) in [6, 6.07) is 11.8. The van der Waals surface area contributed by atoms with Gasteiger partial charge >= 0.3 is 0 Å². The maximum atomic E-state index is 13.3. The van der Waals surface area contributed by atoms with Gasteiger partial charge < -0.3 is 0 Å². The van der Waals surface area contributed by atoms with E-state index in [1.807, 2.05) is 6.07 Å². The molecule has 2 aromatic rings. The Labute approximate surface area is 115 Å². The highest BCUT2D eigenvalue weighted by molar-refractivity contribution is 6.09. The number of rotatable bonds is 0. The summed E-state index contributed by atoms with van der Waals surface area (Å²) >= 11 is 0. The fourth-order valence-corrected chi connectivity index (χ4v) is 1.40. The van der Waals surface area contributed by atoms with Gasteiger partial charge in [0.15, 0.2) is 0 Å². The average molecular weight is 266 g/mol. The summed E-state index contributed by atoms with van der Waals surface area (Å²) in [5.41, 5.74) is 0.513. The molecule has 0 aliphatic rings. The molecule has 0 spiro atoms. The largest absolute Gasteiger partial charge is 0.279 e. The van der Waals surface area contributed by atoms with Gasteiger partial charge in [0.1, 0.15) is 11.6 Å². The summed E-state index contributed by atoms with van der Waals surface area (Å²) in [7, 11) is 0. The Morgan fingerprint density at radius 2 is 1.60 bits per heavy atom. The first kappa shape index (κ1) is 13.5. The van der Waals surface area contributed by atoms with Gasteiger partial charge in [0.25, 0.3) is 5.78 Å². The Kier molecular flexibility index (Phi) is 4.27. The van der Waals surface area contributed by atoms with Gasteiger partial charge in [0, 0.05) is 5.56 Å². The fraction of sp³-hybridized carbons (Fsp3) is 0. The molecule has 0 atom stereocenters. The second-order valence-electron chi connectivity index (χ2n) is 3.82. The van der Waals surface area contributed by atoms with Gasteiger partial charge in [-0.25, -0.2) is 8.78 Å². The SMILES string of the molecule is O=C(C#Cc1ccccc1)C#Cc1cc(F)ccc1F. The average Bonchev–Trinajstić information content (AvgIpc) is 2.47. The van der Waals surface area contributed by atoms with E-state index in [2.05, 4.69) is 23.7 Å². The minimum atomic E-state index is -0.678. The van der Waals surface area contributed by atoms with Gasteiger partial charge in [-0.2, -0.15) is 0 Å². The first-order valence-corrected chi connectivity index (χ1v) is 5.73. The van der Waals surface area contributed by atoms with Crippen molar-refractivity contribution in [1.82, 2.24) is 0 Å². The van der Waals surface area contributed by atoms with Crippen molar-refractivity contribution < 1.29 is 13.6 Å². The number of carbonyl (C=O) groups is 1. The third-order valence-corrected chi connectivity index (χ3v) is 2.33. The molecule has 20 heavy (non-hydrogen) atoms. The molecule has 0 amide bonds. The molecule has 0 unspecified atom stereocenters. The molecule has 0 heterocycles. The van der Waals surface area contributed by atoms with Crippen LogP contribution in [0.15, 0.2) is 48.5 Å². The van der Waals surface area contributed by atoms with Crippen molar-refractivity contribution in [2.45, 2.75) is 0 Å². The predicted molar refractivity (Wildman–Crippen MR) is 71.6 cm³/mol. The fourth-order valence-electron chi connectivity index (χ4n) is 1.40. The molecule has 3 heteroatoms. The Hall–Kier alpha value is -2.91. The van der Waals surface area contributed by atoms with Crippen LogP contribution in [0, 0.1) is 35.3 Å². The summed E-state index contributed by atoms with van der Waals surface area (Å²) in [5.74, 6) is 7.46. The van der Waals surface area contributed by atoms with E-state index >= 15 is 0 Å². The summed E-state index contributed by atoms with van der Waals surface area (Å²) in [4.78, 5) is 11.4. The van der Waals surface area contributed by atoms with Gasteiger partial charge in [-0.1, -0.05) is 30.0 Å².